The van der Waals surface area contributed by atoms with Gasteiger partial charge in [0.15, 0.2) is 11.5 Å². The maximum Gasteiger partial charge on any atom is 0.310 e. The summed E-state index contributed by atoms with van der Waals surface area (Å²) in [5, 5.41) is 0. The van der Waals surface area contributed by atoms with Crippen LogP contribution >= 0.6 is 0 Å². The Balaban J connectivity index is 2.14. The van der Waals surface area contributed by atoms with Crippen LogP contribution in [-0.4, -0.2) is 50.7 Å². The molecule has 1 aliphatic rings. The summed E-state index contributed by atoms with van der Waals surface area (Å²) in [6.07, 6.45) is 0. The molecular formula is C15H19NO5. The Morgan fingerprint density at radius 3 is 2.76 bits per heavy atom. The van der Waals surface area contributed by atoms with Crippen LogP contribution in [0, 0.1) is 5.92 Å². The number of ether oxygens (including phenoxy) is 3. The number of carbonyl (C=O) groups is 2. The van der Waals surface area contributed by atoms with Gasteiger partial charge in [0.25, 0.3) is 5.91 Å². The van der Waals surface area contributed by atoms with E-state index >= 15 is 0 Å². The van der Waals surface area contributed by atoms with Crippen LogP contribution in [0.4, 0.5) is 0 Å². The van der Waals surface area contributed by atoms with Gasteiger partial charge in [0.1, 0.15) is 13.2 Å². The Hall–Kier alpha value is -2.24. The Morgan fingerprint density at radius 1 is 1.33 bits per heavy atom. The number of carbonyl (C=O) groups excluding carboxylic acids is 2. The number of para-hydroxylation sites is 1. The first-order valence-corrected chi connectivity index (χ1v) is 6.76. The van der Waals surface area contributed by atoms with Crippen LogP contribution in [0.25, 0.3) is 0 Å². The summed E-state index contributed by atoms with van der Waals surface area (Å²) in [4.78, 5) is 25.4. The minimum Gasteiger partial charge on any atom is -0.486 e. The lowest BCUT2D eigenvalue weighted by molar-refractivity contribution is -0.145. The number of hydrogen-bond acceptors (Lipinski definition) is 5. The van der Waals surface area contributed by atoms with Crippen LogP contribution in [-0.2, 0) is 9.53 Å². The van der Waals surface area contributed by atoms with Gasteiger partial charge in [-0.1, -0.05) is 13.0 Å². The molecule has 1 amide bonds. The Kier molecular flexibility index (Phi) is 4.67. The maximum absolute atomic E-state index is 12.5. The monoisotopic (exact) mass is 293 g/mol. The Morgan fingerprint density at radius 2 is 2.05 bits per heavy atom. The molecule has 0 saturated heterocycles. The van der Waals surface area contributed by atoms with Gasteiger partial charge in [-0.2, -0.15) is 0 Å². The average molecular weight is 293 g/mol. The van der Waals surface area contributed by atoms with Crippen LogP contribution in [0.3, 0.4) is 0 Å². The zero-order valence-corrected chi connectivity index (χ0v) is 12.4. The van der Waals surface area contributed by atoms with Crippen LogP contribution < -0.4 is 9.47 Å². The van der Waals surface area contributed by atoms with Gasteiger partial charge in [-0.05, 0) is 12.1 Å². The molecule has 0 aromatic heterocycles. The smallest absolute Gasteiger partial charge is 0.310 e. The number of methoxy groups -OCH3 is 1. The normalized spacial score (nSPS) is 14.2. The van der Waals surface area contributed by atoms with Crippen molar-refractivity contribution >= 4 is 11.9 Å². The van der Waals surface area contributed by atoms with E-state index in [0.29, 0.717) is 30.3 Å². The highest BCUT2D eigenvalue weighted by molar-refractivity contribution is 5.98. The van der Waals surface area contributed by atoms with E-state index in [-0.39, 0.29) is 24.3 Å². The standard InChI is InChI=1S/C15H19NO5/c1-10(15(18)19-3)9-16(2)14(17)11-5-4-6-12-13(11)21-8-7-20-12/h4-6,10H,7-9H2,1-3H3. The molecule has 6 nitrogen and oxygen atoms in total. The van der Waals surface area contributed by atoms with E-state index in [1.165, 1.54) is 12.0 Å². The average Bonchev–Trinajstić information content (AvgIpc) is 2.52. The molecule has 0 bridgehead atoms. The topological polar surface area (TPSA) is 65.1 Å². The number of esters is 1. The van der Waals surface area contributed by atoms with Gasteiger partial charge in [0, 0.05) is 13.6 Å². The molecule has 1 aromatic carbocycles. The van der Waals surface area contributed by atoms with Gasteiger partial charge < -0.3 is 19.1 Å². The highest BCUT2D eigenvalue weighted by Gasteiger charge is 2.25. The predicted molar refractivity (Wildman–Crippen MR) is 75.6 cm³/mol. The highest BCUT2D eigenvalue weighted by atomic mass is 16.6. The van der Waals surface area contributed by atoms with E-state index in [1.807, 2.05) is 0 Å². The summed E-state index contributed by atoms with van der Waals surface area (Å²) in [5.41, 5.74) is 0.437. The van der Waals surface area contributed by atoms with Gasteiger partial charge in [-0.15, -0.1) is 0 Å². The number of fused-ring (bicyclic) bond motifs is 1. The molecule has 1 heterocycles. The van der Waals surface area contributed by atoms with Crippen molar-refractivity contribution in [3.05, 3.63) is 23.8 Å². The fourth-order valence-corrected chi connectivity index (χ4v) is 2.22. The van der Waals surface area contributed by atoms with E-state index in [9.17, 15) is 9.59 Å². The van der Waals surface area contributed by atoms with Gasteiger partial charge in [0.2, 0.25) is 0 Å². The predicted octanol–water partition coefficient (Wildman–Crippen LogP) is 1.34. The molecule has 0 N–H and O–H groups in total. The lowest BCUT2D eigenvalue weighted by Gasteiger charge is -2.24. The first-order chi connectivity index (χ1) is 10.0. The molecule has 0 spiro atoms. The van der Waals surface area contributed by atoms with Crippen LogP contribution in [0.15, 0.2) is 18.2 Å². The van der Waals surface area contributed by atoms with Crippen molar-refractivity contribution in [2.24, 2.45) is 5.92 Å². The lowest BCUT2D eigenvalue weighted by atomic mass is 10.1. The van der Waals surface area contributed by atoms with E-state index in [0.717, 1.165) is 0 Å². The zero-order valence-electron chi connectivity index (χ0n) is 12.4. The molecule has 114 valence electrons. The summed E-state index contributed by atoms with van der Waals surface area (Å²) in [6.45, 7) is 2.88. The maximum atomic E-state index is 12.5. The molecule has 1 aromatic rings. The number of hydrogen-bond donors (Lipinski definition) is 0. The Bertz CT molecular complexity index is 543. The van der Waals surface area contributed by atoms with Crippen molar-refractivity contribution in [2.45, 2.75) is 6.92 Å². The summed E-state index contributed by atoms with van der Waals surface area (Å²) in [6, 6.07) is 5.20. The minimum atomic E-state index is -0.388. The molecule has 1 aliphatic heterocycles. The summed E-state index contributed by atoms with van der Waals surface area (Å²) in [7, 11) is 2.98. The molecule has 6 heteroatoms. The van der Waals surface area contributed by atoms with E-state index < -0.39 is 0 Å². The third kappa shape index (κ3) is 3.26. The SMILES string of the molecule is COC(=O)C(C)CN(C)C(=O)c1cccc2c1OCCO2. The number of benzene rings is 1. The molecule has 0 fully saturated rings. The van der Waals surface area contributed by atoms with Crippen LogP contribution in [0.5, 0.6) is 11.5 Å². The van der Waals surface area contributed by atoms with Gasteiger partial charge in [0.05, 0.1) is 18.6 Å². The van der Waals surface area contributed by atoms with Crippen molar-refractivity contribution in [2.75, 3.05) is 33.9 Å². The molecule has 0 radical (unpaired) electrons. The molecule has 21 heavy (non-hydrogen) atoms. The largest absolute Gasteiger partial charge is 0.486 e. The second-order valence-electron chi connectivity index (χ2n) is 4.94. The van der Waals surface area contributed by atoms with E-state index in [4.69, 9.17) is 9.47 Å². The summed E-state index contributed by atoms with van der Waals surface area (Å²) >= 11 is 0. The summed E-state index contributed by atoms with van der Waals surface area (Å²) in [5.74, 6) is 0.0888. The van der Waals surface area contributed by atoms with E-state index in [2.05, 4.69) is 4.74 Å². The van der Waals surface area contributed by atoms with Crippen molar-refractivity contribution in [1.29, 1.82) is 0 Å². The second-order valence-corrected chi connectivity index (χ2v) is 4.94. The quantitative estimate of drug-likeness (QED) is 0.784. The number of nitrogens with zero attached hydrogens (tertiary/aromatic N) is 1. The zero-order chi connectivity index (χ0) is 15.4. The minimum absolute atomic E-state index is 0.215. The van der Waals surface area contributed by atoms with Crippen molar-refractivity contribution < 1.29 is 23.8 Å². The van der Waals surface area contributed by atoms with Crippen molar-refractivity contribution in [1.82, 2.24) is 4.90 Å². The highest BCUT2D eigenvalue weighted by Crippen LogP contribution is 2.34. The fraction of sp³-hybridized carbons (Fsp3) is 0.467. The molecular weight excluding hydrogens is 274 g/mol. The molecule has 1 atom stereocenters. The number of rotatable bonds is 4. The lowest BCUT2D eigenvalue weighted by Crippen LogP contribution is -2.34. The molecule has 0 aliphatic carbocycles. The molecule has 1 unspecified atom stereocenters. The van der Waals surface area contributed by atoms with Crippen LogP contribution in [0.1, 0.15) is 17.3 Å². The van der Waals surface area contributed by atoms with Gasteiger partial charge >= 0.3 is 5.97 Å². The van der Waals surface area contributed by atoms with Crippen LogP contribution in [0.2, 0.25) is 0 Å². The van der Waals surface area contributed by atoms with Crippen molar-refractivity contribution in [3.8, 4) is 11.5 Å². The molecule has 0 saturated carbocycles. The Labute approximate surface area is 123 Å². The van der Waals surface area contributed by atoms with Gasteiger partial charge in [-0.25, -0.2) is 0 Å². The molecule has 2 rings (SSSR count). The fourth-order valence-electron chi connectivity index (χ4n) is 2.22. The third-order valence-electron chi connectivity index (χ3n) is 3.29. The first-order valence-electron chi connectivity index (χ1n) is 6.76. The first kappa shape index (κ1) is 15.2. The summed E-state index contributed by atoms with van der Waals surface area (Å²) < 4.78 is 15.7. The van der Waals surface area contributed by atoms with Gasteiger partial charge in [-0.3, -0.25) is 9.59 Å². The van der Waals surface area contributed by atoms with E-state index in [1.54, 1.807) is 32.2 Å². The third-order valence-corrected chi connectivity index (χ3v) is 3.29. The second kappa shape index (κ2) is 6.47. The van der Waals surface area contributed by atoms with Crippen molar-refractivity contribution in [3.63, 3.8) is 0 Å². The number of amides is 1.